The van der Waals surface area contributed by atoms with Crippen molar-refractivity contribution in [1.82, 2.24) is 4.90 Å². The van der Waals surface area contributed by atoms with Gasteiger partial charge in [-0.1, -0.05) is 0 Å². The molecule has 1 unspecified atom stereocenters. The van der Waals surface area contributed by atoms with E-state index in [1.165, 1.54) is 4.90 Å². The number of ether oxygens (including phenoxy) is 2. The van der Waals surface area contributed by atoms with E-state index in [1.54, 1.807) is 27.7 Å². The van der Waals surface area contributed by atoms with Crippen LogP contribution in [0.4, 0.5) is 18.0 Å². The van der Waals surface area contributed by atoms with Gasteiger partial charge in [0.25, 0.3) is 0 Å². The van der Waals surface area contributed by atoms with Crippen LogP contribution in [0.25, 0.3) is 0 Å². The first kappa shape index (κ1) is 18.1. The van der Waals surface area contributed by atoms with Crippen molar-refractivity contribution in [3.63, 3.8) is 0 Å². The summed E-state index contributed by atoms with van der Waals surface area (Å²) in [7, 11) is 0. The first-order chi connectivity index (χ1) is 9.40. The van der Waals surface area contributed by atoms with Crippen LogP contribution < -0.4 is 0 Å². The fraction of sp³-hybridized carbons (Fsp3) is 0.929. The van der Waals surface area contributed by atoms with Crippen molar-refractivity contribution in [1.29, 1.82) is 0 Å². The normalized spacial score (nSPS) is 24.0. The second-order valence-corrected chi connectivity index (χ2v) is 6.67. The molecule has 1 amide bonds. The van der Waals surface area contributed by atoms with E-state index in [4.69, 9.17) is 9.47 Å². The molecule has 1 atom stereocenters. The summed E-state index contributed by atoms with van der Waals surface area (Å²) in [6, 6.07) is 0. The number of likely N-dealkylation sites (tertiary alicyclic amines) is 1. The van der Waals surface area contributed by atoms with E-state index in [-0.39, 0.29) is 13.2 Å². The zero-order valence-corrected chi connectivity index (χ0v) is 13.0. The highest BCUT2D eigenvalue weighted by Gasteiger charge is 2.37. The Labute approximate surface area is 123 Å². The van der Waals surface area contributed by atoms with Crippen LogP contribution in [0.2, 0.25) is 0 Å². The summed E-state index contributed by atoms with van der Waals surface area (Å²) < 4.78 is 47.2. The van der Waals surface area contributed by atoms with Crippen LogP contribution in [0, 0.1) is 0 Å². The molecule has 0 N–H and O–H groups in total. The van der Waals surface area contributed by atoms with Gasteiger partial charge in [-0.2, -0.15) is 13.2 Å². The van der Waals surface area contributed by atoms with E-state index in [2.05, 4.69) is 0 Å². The summed E-state index contributed by atoms with van der Waals surface area (Å²) in [5.41, 5.74) is -1.34. The molecule has 124 valence electrons. The third-order valence-corrected chi connectivity index (χ3v) is 3.15. The van der Waals surface area contributed by atoms with Crippen molar-refractivity contribution in [2.24, 2.45) is 0 Å². The average molecular weight is 311 g/mol. The van der Waals surface area contributed by atoms with Gasteiger partial charge in [0.2, 0.25) is 0 Å². The van der Waals surface area contributed by atoms with Crippen molar-refractivity contribution in [2.75, 3.05) is 19.7 Å². The molecule has 0 aromatic rings. The fourth-order valence-electron chi connectivity index (χ4n) is 2.22. The minimum atomic E-state index is -4.23. The van der Waals surface area contributed by atoms with Gasteiger partial charge in [-0.15, -0.1) is 0 Å². The topological polar surface area (TPSA) is 38.8 Å². The first-order valence-corrected chi connectivity index (χ1v) is 7.09. The lowest BCUT2D eigenvalue weighted by Crippen LogP contribution is -2.51. The third kappa shape index (κ3) is 7.02. The van der Waals surface area contributed by atoms with Gasteiger partial charge in [-0.3, -0.25) is 0 Å². The largest absolute Gasteiger partial charge is 0.444 e. The number of nitrogens with zero attached hydrogens (tertiary/aromatic N) is 1. The van der Waals surface area contributed by atoms with Crippen molar-refractivity contribution in [2.45, 2.75) is 64.3 Å². The smallest absolute Gasteiger partial charge is 0.410 e. The van der Waals surface area contributed by atoms with Crippen molar-refractivity contribution in [3.05, 3.63) is 0 Å². The Hall–Kier alpha value is -0.980. The maximum absolute atomic E-state index is 12.2. The molecular formula is C14H24F3NO3. The number of piperidine rings is 1. The Balaban J connectivity index is 2.52. The Morgan fingerprint density at radius 1 is 1.29 bits per heavy atom. The summed E-state index contributed by atoms with van der Waals surface area (Å²) in [5, 5.41) is 0. The molecule has 0 spiro atoms. The van der Waals surface area contributed by atoms with E-state index >= 15 is 0 Å². The van der Waals surface area contributed by atoms with E-state index in [9.17, 15) is 18.0 Å². The van der Waals surface area contributed by atoms with Crippen LogP contribution in [0.1, 0.15) is 47.0 Å². The highest BCUT2D eigenvalue weighted by molar-refractivity contribution is 5.68. The van der Waals surface area contributed by atoms with Crippen LogP contribution in [-0.2, 0) is 9.47 Å². The summed E-state index contributed by atoms with van der Waals surface area (Å²) in [5.74, 6) is 0. The zero-order valence-electron chi connectivity index (χ0n) is 13.0. The van der Waals surface area contributed by atoms with Gasteiger partial charge in [-0.05, 0) is 40.5 Å². The van der Waals surface area contributed by atoms with Crippen molar-refractivity contribution >= 4 is 6.09 Å². The molecule has 4 nitrogen and oxygen atoms in total. The van der Waals surface area contributed by atoms with Crippen LogP contribution >= 0.6 is 0 Å². The lowest BCUT2D eigenvalue weighted by Gasteiger charge is -2.40. The minimum Gasteiger partial charge on any atom is -0.444 e. The van der Waals surface area contributed by atoms with Crippen LogP contribution in [0.15, 0.2) is 0 Å². The SMILES string of the molecule is CC(C)(C)OC(=O)N1CCCC(C)(OCCC(F)(F)F)C1. The molecule has 1 fully saturated rings. The number of hydrogen-bond donors (Lipinski definition) is 0. The van der Waals surface area contributed by atoms with Crippen LogP contribution in [-0.4, -0.2) is 48.1 Å². The van der Waals surface area contributed by atoms with Crippen molar-refractivity contribution in [3.8, 4) is 0 Å². The quantitative estimate of drug-likeness (QED) is 0.797. The molecule has 1 aliphatic rings. The number of rotatable bonds is 3. The molecule has 21 heavy (non-hydrogen) atoms. The highest BCUT2D eigenvalue weighted by atomic mass is 19.4. The van der Waals surface area contributed by atoms with E-state index < -0.39 is 29.9 Å². The van der Waals surface area contributed by atoms with Gasteiger partial charge in [0, 0.05) is 6.54 Å². The molecule has 0 aromatic heterocycles. The van der Waals surface area contributed by atoms with Gasteiger partial charge >= 0.3 is 12.3 Å². The average Bonchev–Trinajstić information content (AvgIpc) is 2.24. The number of hydrogen-bond acceptors (Lipinski definition) is 3. The zero-order chi connectivity index (χ0) is 16.3. The van der Waals surface area contributed by atoms with Gasteiger partial charge in [-0.25, -0.2) is 4.79 Å². The second kappa shape index (κ2) is 6.42. The van der Waals surface area contributed by atoms with E-state index in [0.717, 1.165) is 0 Å². The lowest BCUT2D eigenvalue weighted by molar-refractivity contribution is -0.162. The van der Waals surface area contributed by atoms with Crippen LogP contribution in [0.3, 0.4) is 0 Å². The standard InChI is InChI=1S/C14H24F3NO3/c1-12(2,3)21-11(19)18-8-5-6-13(4,10-18)20-9-7-14(15,16)17/h5-10H2,1-4H3. The number of amides is 1. The first-order valence-electron chi connectivity index (χ1n) is 7.09. The molecule has 7 heteroatoms. The molecule has 0 bridgehead atoms. The summed E-state index contributed by atoms with van der Waals surface area (Å²) in [6.45, 7) is 7.45. The Morgan fingerprint density at radius 2 is 1.90 bits per heavy atom. The maximum Gasteiger partial charge on any atom is 0.410 e. The summed E-state index contributed by atoms with van der Waals surface area (Å²) in [6.07, 6.45) is -4.34. The molecule has 1 heterocycles. The van der Waals surface area contributed by atoms with Gasteiger partial charge in [0.1, 0.15) is 5.60 Å². The lowest BCUT2D eigenvalue weighted by atomic mass is 9.95. The minimum absolute atomic E-state index is 0.250. The molecule has 1 aliphatic heterocycles. The molecule has 0 aromatic carbocycles. The Bertz CT molecular complexity index is 365. The molecule has 1 rings (SSSR count). The predicted octanol–water partition coefficient (Wildman–Crippen LogP) is 3.75. The highest BCUT2D eigenvalue weighted by Crippen LogP contribution is 2.28. The maximum atomic E-state index is 12.2. The molecule has 1 saturated heterocycles. The number of alkyl halides is 3. The molecule has 0 aliphatic carbocycles. The van der Waals surface area contributed by atoms with Crippen LogP contribution in [0.5, 0.6) is 0 Å². The fourth-order valence-corrected chi connectivity index (χ4v) is 2.22. The Morgan fingerprint density at radius 3 is 2.43 bits per heavy atom. The van der Waals surface area contributed by atoms with Crippen molar-refractivity contribution < 1.29 is 27.4 Å². The van der Waals surface area contributed by atoms with E-state index in [1.807, 2.05) is 0 Å². The molecular weight excluding hydrogens is 287 g/mol. The third-order valence-electron chi connectivity index (χ3n) is 3.15. The second-order valence-electron chi connectivity index (χ2n) is 6.67. The summed E-state index contributed by atoms with van der Waals surface area (Å²) in [4.78, 5) is 13.5. The van der Waals surface area contributed by atoms with Gasteiger partial charge in [0.05, 0.1) is 25.2 Å². The monoisotopic (exact) mass is 311 g/mol. The molecule has 0 radical (unpaired) electrons. The molecule has 0 saturated carbocycles. The predicted molar refractivity (Wildman–Crippen MR) is 72.1 cm³/mol. The number of carbonyl (C=O) groups is 1. The summed E-state index contributed by atoms with van der Waals surface area (Å²) >= 11 is 0. The van der Waals surface area contributed by atoms with Gasteiger partial charge in [0.15, 0.2) is 0 Å². The van der Waals surface area contributed by atoms with Gasteiger partial charge < -0.3 is 14.4 Å². The number of carbonyl (C=O) groups excluding carboxylic acids is 1. The number of halogens is 3. The Kier molecular flexibility index (Phi) is 5.52. The van der Waals surface area contributed by atoms with E-state index in [0.29, 0.717) is 19.4 Å².